The van der Waals surface area contributed by atoms with Gasteiger partial charge in [-0.2, -0.15) is 0 Å². The molecule has 2 bridgehead atoms. The van der Waals surface area contributed by atoms with Crippen molar-refractivity contribution in [3.05, 3.63) is 85.4 Å². The van der Waals surface area contributed by atoms with Crippen LogP contribution in [0, 0.1) is 10.8 Å². The van der Waals surface area contributed by atoms with Gasteiger partial charge in [-0.05, 0) is 48.1 Å². The van der Waals surface area contributed by atoms with Gasteiger partial charge in [-0.1, -0.05) is 36.4 Å². The van der Waals surface area contributed by atoms with Crippen molar-refractivity contribution in [3.63, 3.8) is 0 Å². The van der Waals surface area contributed by atoms with Crippen LogP contribution in [0.25, 0.3) is 5.69 Å². The number of para-hydroxylation sites is 1. The van der Waals surface area contributed by atoms with Crippen LogP contribution in [-0.2, 0) is 4.79 Å². The van der Waals surface area contributed by atoms with Crippen molar-refractivity contribution >= 4 is 29.3 Å². The molecule has 2 fully saturated rings. The maximum absolute atomic E-state index is 13.6. The van der Waals surface area contributed by atoms with Gasteiger partial charge in [0.25, 0.3) is 0 Å². The van der Waals surface area contributed by atoms with E-state index in [9.17, 15) is 14.4 Å². The molecule has 0 amide bonds. The number of rotatable bonds is 1. The molecule has 0 spiro atoms. The van der Waals surface area contributed by atoms with Gasteiger partial charge in [-0.25, -0.2) is 23.5 Å². The number of carbonyl (C=O) groups excluding carboxylic acids is 1. The summed E-state index contributed by atoms with van der Waals surface area (Å²) in [5.41, 5.74) is -0.0339. The molecule has 0 unspecified atom stereocenters. The van der Waals surface area contributed by atoms with Crippen molar-refractivity contribution in [2.75, 3.05) is 11.5 Å². The molecule has 3 aliphatic carbocycles. The Hall–Kier alpha value is -2.45. The lowest BCUT2D eigenvalue weighted by molar-refractivity contribution is -0.124. The number of thioether (sulfide) groups is 2. The molecule has 1 aromatic carbocycles. The lowest BCUT2D eigenvalue weighted by atomic mass is 9.67. The van der Waals surface area contributed by atoms with E-state index in [0.29, 0.717) is 12.1 Å². The molecule has 8 heteroatoms. The molecule has 1 saturated carbocycles. The first-order chi connectivity index (χ1) is 15.1. The largest absolute Gasteiger partial charge is 0.352 e. The third-order valence-electron chi connectivity index (χ3n) is 7.56. The first-order valence-corrected chi connectivity index (χ1v) is 12.5. The molecule has 0 radical (unpaired) electrons. The summed E-state index contributed by atoms with van der Waals surface area (Å²) < 4.78 is 5.69. The number of ketones is 1. The highest BCUT2D eigenvalue weighted by atomic mass is 32.2. The minimum atomic E-state index is -0.652. The standard InChI is InChI=1S/C23H19N3O3S2/c27-18-10-7-15(19-30-11-4-12-31-19)22-13-23(18,22)17-9-8-16(22)25-20(28)24(21(29)26(17)25)14-5-2-1-3-6-14/h1-3,5-10,16-17H,4,11-13H2/t16-,17+,22-,23-/m1/s1. The van der Waals surface area contributed by atoms with Crippen LogP contribution >= 0.6 is 23.5 Å². The van der Waals surface area contributed by atoms with E-state index < -0.39 is 16.9 Å². The van der Waals surface area contributed by atoms with E-state index in [1.165, 1.54) is 20.8 Å². The zero-order valence-electron chi connectivity index (χ0n) is 16.6. The van der Waals surface area contributed by atoms with Gasteiger partial charge < -0.3 is 0 Å². The second-order valence-corrected chi connectivity index (χ2v) is 11.2. The molecule has 8 rings (SSSR count). The number of carbonyl (C=O) groups is 1. The van der Waals surface area contributed by atoms with Crippen LogP contribution in [0.3, 0.4) is 0 Å². The third kappa shape index (κ3) is 1.93. The molecular formula is C23H19N3O3S2. The molecule has 3 aliphatic heterocycles. The Morgan fingerprint density at radius 3 is 2.16 bits per heavy atom. The first-order valence-electron chi connectivity index (χ1n) is 10.5. The maximum Gasteiger partial charge on any atom is 0.352 e. The van der Waals surface area contributed by atoms with E-state index in [1.807, 2.05) is 53.9 Å². The molecule has 4 atom stereocenters. The molecular weight excluding hydrogens is 430 g/mol. The zero-order valence-corrected chi connectivity index (χ0v) is 18.2. The van der Waals surface area contributed by atoms with Crippen molar-refractivity contribution in [1.29, 1.82) is 0 Å². The Balaban J connectivity index is 1.51. The van der Waals surface area contributed by atoms with Crippen molar-refractivity contribution in [3.8, 4) is 5.69 Å². The molecule has 1 aromatic heterocycles. The fourth-order valence-corrected chi connectivity index (χ4v) is 9.04. The van der Waals surface area contributed by atoms with Gasteiger partial charge in [0, 0.05) is 9.65 Å². The van der Waals surface area contributed by atoms with Gasteiger partial charge in [0.2, 0.25) is 0 Å². The second-order valence-electron chi connectivity index (χ2n) is 8.77. The summed E-state index contributed by atoms with van der Waals surface area (Å²) >= 11 is 3.72. The normalized spacial score (nSPS) is 34.5. The molecule has 31 heavy (non-hydrogen) atoms. The minimum Gasteiger partial charge on any atom is -0.294 e. The number of benzene rings is 1. The van der Waals surface area contributed by atoms with E-state index in [4.69, 9.17) is 0 Å². The van der Waals surface area contributed by atoms with Gasteiger partial charge in [-0.3, -0.25) is 4.79 Å². The number of aromatic nitrogens is 3. The summed E-state index contributed by atoms with van der Waals surface area (Å²) in [6.45, 7) is 0. The summed E-state index contributed by atoms with van der Waals surface area (Å²) in [6, 6.07) is 8.26. The van der Waals surface area contributed by atoms with Gasteiger partial charge >= 0.3 is 11.4 Å². The van der Waals surface area contributed by atoms with Crippen molar-refractivity contribution in [2.24, 2.45) is 10.8 Å². The summed E-state index contributed by atoms with van der Waals surface area (Å²) in [4.78, 5) is 40.4. The summed E-state index contributed by atoms with van der Waals surface area (Å²) in [5, 5.41) is 0. The molecule has 2 aromatic rings. The molecule has 1 saturated heterocycles. The highest BCUT2D eigenvalue weighted by Crippen LogP contribution is 2.83. The third-order valence-corrected chi connectivity index (χ3v) is 10.2. The molecule has 6 aliphatic rings. The van der Waals surface area contributed by atoms with E-state index in [0.717, 1.165) is 11.5 Å². The number of hydrogen-bond donors (Lipinski definition) is 0. The average Bonchev–Trinajstić information content (AvgIpc) is 3.50. The van der Waals surface area contributed by atoms with Crippen molar-refractivity contribution < 1.29 is 4.79 Å². The van der Waals surface area contributed by atoms with Crippen LogP contribution in [0.1, 0.15) is 24.9 Å². The van der Waals surface area contributed by atoms with Crippen LogP contribution in [0.15, 0.2) is 74.0 Å². The van der Waals surface area contributed by atoms with Crippen molar-refractivity contribution in [1.82, 2.24) is 13.9 Å². The zero-order chi connectivity index (χ0) is 21.0. The second kappa shape index (κ2) is 5.86. The Kier molecular flexibility index (Phi) is 3.43. The first kappa shape index (κ1) is 18.2. The lowest BCUT2D eigenvalue weighted by Crippen LogP contribution is -2.52. The Labute approximate surface area is 186 Å². The van der Waals surface area contributed by atoms with Gasteiger partial charge in [-0.15, -0.1) is 23.5 Å². The van der Waals surface area contributed by atoms with Crippen LogP contribution in [0.5, 0.6) is 0 Å². The Bertz CT molecular complexity index is 1370. The summed E-state index contributed by atoms with van der Waals surface area (Å²) in [7, 11) is 0. The number of nitrogens with zero attached hydrogens (tertiary/aromatic N) is 3. The summed E-state index contributed by atoms with van der Waals surface area (Å²) in [5.74, 6) is 2.24. The van der Waals surface area contributed by atoms with E-state index in [2.05, 4.69) is 6.08 Å². The highest BCUT2D eigenvalue weighted by molar-refractivity contribution is 8.22. The minimum absolute atomic E-state index is 0.0834. The lowest BCUT2D eigenvalue weighted by Gasteiger charge is -2.46. The van der Waals surface area contributed by atoms with Crippen molar-refractivity contribution in [2.45, 2.75) is 24.9 Å². The highest BCUT2D eigenvalue weighted by Gasteiger charge is 2.83. The van der Waals surface area contributed by atoms with Gasteiger partial charge in [0.15, 0.2) is 5.78 Å². The van der Waals surface area contributed by atoms with Gasteiger partial charge in [0.05, 0.1) is 23.2 Å². The number of hydrogen-bond acceptors (Lipinski definition) is 5. The predicted octanol–water partition coefficient (Wildman–Crippen LogP) is 3.06. The van der Waals surface area contributed by atoms with Crippen LogP contribution < -0.4 is 11.4 Å². The topological polar surface area (TPSA) is 66.0 Å². The van der Waals surface area contributed by atoms with Crippen LogP contribution in [0.4, 0.5) is 0 Å². The average molecular weight is 450 g/mol. The van der Waals surface area contributed by atoms with Gasteiger partial charge in [0.1, 0.15) is 0 Å². The fourth-order valence-electron chi connectivity index (χ4n) is 6.27. The smallest absolute Gasteiger partial charge is 0.294 e. The Morgan fingerprint density at radius 2 is 1.48 bits per heavy atom. The summed E-state index contributed by atoms with van der Waals surface area (Å²) in [6.07, 6.45) is 9.60. The van der Waals surface area contributed by atoms with Crippen LogP contribution in [-0.4, -0.2) is 31.2 Å². The van der Waals surface area contributed by atoms with E-state index in [-0.39, 0.29) is 23.2 Å². The van der Waals surface area contributed by atoms with Crippen LogP contribution in [0.2, 0.25) is 0 Å². The van der Waals surface area contributed by atoms with E-state index in [1.54, 1.807) is 27.6 Å². The molecule has 6 nitrogen and oxygen atoms in total. The van der Waals surface area contributed by atoms with E-state index >= 15 is 0 Å². The predicted molar refractivity (Wildman–Crippen MR) is 122 cm³/mol. The Morgan fingerprint density at radius 1 is 0.839 bits per heavy atom. The molecule has 0 N–H and O–H groups in total. The monoisotopic (exact) mass is 449 g/mol. The molecule has 4 heterocycles. The molecule has 156 valence electrons. The quantitative estimate of drug-likeness (QED) is 0.626. The fraction of sp³-hybridized carbons (Fsp3) is 0.348. The number of allylic oxidation sites excluding steroid dienone is 5. The SMILES string of the molecule is O=C1C=CC(=C2SCCCS2)[C@@]23C[C@@]12[C@@H]1C=C[C@H]3n2c(=O)n(-c3ccccc3)c(=O)n21. The maximum atomic E-state index is 13.6.